The third kappa shape index (κ3) is 4.11. The Morgan fingerprint density at radius 2 is 1.67 bits per heavy atom. The third-order valence-corrected chi connectivity index (χ3v) is 5.23. The number of benzodiazepines with no additional fused rings is 1. The largest absolute Gasteiger partial charge is 0.326 e. The zero-order valence-electron chi connectivity index (χ0n) is 16.4. The van der Waals surface area contributed by atoms with Gasteiger partial charge in [0.2, 0.25) is 5.91 Å². The average Bonchev–Trinajstić information content (AvgIpc) is 2.87. The summed E-state index contributed by atoms with van der Waals surface area (Å²) in [6.07, 6.45) is -0.0594. The first-order chi connectivity index (χ1) is 14.5. The number of halogens is 1. The summed E-state index contributed by atoms with van der Waals surface area (Å²) >= 11 is 5.89. The first-order valence-electron chi connectivity index (χ1n) is 9.58. The first-order valence-corrected chi connectivity index (χ1v) is 9.96. The number of hydrogen-bond donors (Lipinski definition) is 1. The van der Waals surface area contributed by atoms with Crippen LogP contribution in [0.5, 0.6) is 0 Å². The second-order valence-corrected chi connectivity index (χ2v) is 7.47. The lowest BCUT2D eigenvalue weighted by atomic mass is 10.0. The Morgan fingerprint density at radius 1 is 1.00 bits per heavy atom. The zero-order valence-corrected chi connectivity index (χ0v) is 17.1. The maximum absolute atomic E-state index is 13.1. The summed E-state index contributed by atoms with van der Waals surface area (Å²) in [5, 5.41) is 3.40. The van der Waals surface area contributed by atoms with Gasteiger partial charge >= 0.3 is 0 Å². The molecule has 3 aromatic rings. The molecule has 30 heavy (non-hydrogen) atoms. The van der Waals surface area contributed by atoms with Crippen LogP contribution in [0.2, 0.25) is 5.02 Å². The second kappa shape index (κ2) is 8.51. The van der Waals surface area contributed by atoms with Gasteiger partial charge in [0.1, 0.15) is 6.04 Å². The van der Waals surface area contributed by atoms with E-state index in [9.17, 15) is 9.59 Å². The van der Waals surface area contributed by atoms with Crippen LogP contribution < -0.4 is 10.2 Å². The van der Waals surface area contributed by atoms with Gasteiger partial charge in [-0.2, -0.15) is 0 Å². The molecule has 1 aliphatic heterocycles. The highest BCUT2D eigenvalue weighted by molar-refractivity contribution is 6.30. The summed E-state index contributed by atoms with van der Waals surface area (Å²) in [4.78, 5) is 32.1. The maximum atomic E-state index is 13.1. The van der Waals surface area contributed by atoms with Crippen LogP contribution in [0.3, 0.4) is 0 Å². The Labute approximate surface area is 180 Å². The minimum atomic E-state index is -0.829. The van der Waals surface area contributed by atoms with Gasteiger partial charge in [-0.25, -0.2) is 0 Å². The van der Waals surface area contributed by atoms with Gasteiger partial charge < -0.3 is 10.2 Å². The van der Waals surface area contributed by atoms with Crippen LogP contribution in [-0.4, -0.2) is 30.6 Å². The number of anilines is 2. The Balaban J connectivity index is 1.68. The number of hydrogen-bond acceptors (Lipinski definition) is 3. The van der Waals surface area contributed by atoms with E-state index in [1.165, 1.54) is 0 Å². The van der Waals surface area contributed by atoms with E-state index < -0.39 is 6.04 Å². The number of carbonyl (C=O) groups excluding carboxylic acids is 2. The fourth-order valence-corrected chi connectivity index (χ4v) is 3.60. The summed E-state index contributed by atoms with van der Waals surface area (Å²) in [5.41, 5.74) is 3.85. The summed E-state index contributed by atoms with van der Waals surface area (Å²) in [6, 6.07) is 23.3. The molecule has 0 aliphatic carbocycles. The van der Waals surface area contributed by atoms with E-state index in [1.54, 1.807) is 36.2 Å². The van der Waals surface area contributed by atoms with E-state index in [2.05, 4.69) is 5.32 Å². The number of nitrogens with zero attached hydrogens (tertiary/aromatic N) is 2. The monoisotopic (exact) mass is 417 g/mol. The van der Waals surface area contributed by atoms with Gasteiger partial charge in [-0.1, -0.05) is 60.1 Å². The molecule has 6 heteroatoms. The number of rotatable bonds is 4. The van der Waals surface area contributed by atoms with Crippen molar-refractivity contribution in [3.05, 3.63) is 95.0 Å². The molecule has 3 aromatic carbocycles. The fourth-order valence-electron chi connectivity index (χ4n) is 3.47. The topological polar surface area (TPSA) is 61.8 Å². The molecule has 0 saturated carbocycles. The molecule has 0 saturated heterocycles. The van der Waals surface area contributed by atoms with Gasteiger partial charge in [-0.3, -0.25) is 14.6 Å². The van der Waals surface area contributed by atoms with Crippen LogP contribution in [0.4, 0.5) is 11.4 Å². The molecule has 5 nitrogen and oxygen atoms in total. The minimum Gasteiger partial charge on any atom is -0.326 e. The number of para-hydroxylation sites is 1. The summed E-state index contributed by atoms with van der Waals surface area (Å²) in [7, 11) is 1.72. The van der Waals surface area contributed by atoms with Gasteiger partial charge in [0.15, 0.2) is 0 Å². The first kappa shape index (κ1) is 19.9. The molecule has 4 rings (SSSR count). The molecule has 1 atom stereocenters. The van der Waals surface area contributed by atoms with Crippen LogP contribution in [-0.2, 0) is 9.59 Å². The standard InChI is InChI=1S/C24H20ClN3O2/c1-28-21-10-6-5-9-19(21)23(16-7-3-2-4-8-16)27-20(24(28)30)15-22(29)26-18-13-11-17(25)12-14-18/h2-14,20H,15H2,1H3,(H,26,29). The fraction of sp³-hybridized carbons (Fsp3) is 0.125. The average molecular weight is 418 g/mol. The number of amides is 2. The summed E-state index contributed by atoms with van der Waals surface area (Å²) in [6.45, 7) is 0. The molecular weight excluding hydrogens is 398 g/mol. The second-order valence-electron chi connectivity index (χ2n) is 7.03. The molecule has 150 valence electrons. The molecule has 1 unspecified atom stereocenters. The molecule has 0 aromatic heterocycles. The van der Waals surface area contributed by atoms with Crippen LogP contribution in [0.25, 0.3) is 0 Å². The highest BCUT2D eigenvalue weighted by Gasteiger charge is 2.31. The van der Waals surface area contributed by atoms with Crippen molar-refractivity contribution in [2.45, 2.75) is 12.5 Å². The quantitative estimate of drug-likeness (QED) is 0.676. The molecular formula is C24H20ClN3O2. The van der Waals surface area contributed by atoms with Crippen molar-refractivity contribution in [1.82, 2.24) is 0 Å². The van der Waals surface area contributed by atoms with E-state index >= 15 is 0 Å². The lowest BCUT2D eigenvalue weighted by Crippen LogP contribution is -2.37. The van der Waals surface area contributed by atoms with E-state index in [0.717, 1.165) is 16.8 Å². The minimum absolute atomic E-state index is 0.0594. The Bertz CT molecular complexity index is 1110. The van der Waals surface area contributed by atoms with E-state index in [1.807, 2.05) is 54.6 Å². The number of carbonyl (C=O) groups is 2. The van der Waals surface area contributed by atoms with Crippen molar-refractivity contribution in [2.24, 2.45) is 4.99 Å². The van der Waals surface area contributed by atoms with E-state index in [4.69, 9.17) is 16.6 Å². The lowest BCUT2D eigenvalue weighted by molar-refractivity contribution is -0.123. The smallest absolute Gasteiger partial charge is 0.252 e. The molecule has 0 fully saturated rings. The van der Waals surface area contributed by atoms with Crippen molar-refractivity contribution in [1.29, 1.82) is 0 Å². The number of likely N-dealkylation sites (N-methyl/N-ethyl adjacent to an activating group) is 1. The van der Waals surface area contributed by atoms with Crippen LogP contribution in [0, 0.1) is 0 Å². The van der Waals surface area contributed by atoms with Crippen LogP contribution in [0.1, 0.15) is 17.5 Å². The van der Waals surface area contributed by atoms with Gasteiger partial charge in [0.05, 0.1) is 17.8 Å². The summed E-state index contributed by atoms with van der Waals surface area (Å²) < 4.78 is 0. The van der Waals surface area contributed by atoms with E-state index in [-0.39, 0.29) is 18.2 Å². The van der Waals surface area contributed by atoms with Crippen molar-refractivity contribution < 1.29 is 9.59 Å². The number of aliphatic imine (C=N–C) groups is 1. The summed E-state index contributed by atoms with van der Waals surface area (Å²) in [5.74, 6) is -0.508. The van der Waals surface area contributed by atoms with Gasteiger partial charge in [0, 0.05) is 28.9 Å². The molecule has 1 N–H and O–H groups in total. The highest BCUT2D eigenvalue weighted by atomic mass is 35.5. The number of nitrogens with one attached hydrogen (secondary N) is 1. The third-order valence-electron chi connectivity index (χ3n) is 4.98. The van der Waals surface area contributed by atoms with Gasteiger partial charge in [-0.15, -0.1) is 0 Å². The molecule has 1 aliphatic rings. The predicted molar refractivity (Wildman–Crippen MR) is 120 cm³/mol. The van der Waals surface area contributed by atoms with Crippen molar-refractivity contribution in [3.8, 4) is 0 Å². The number of benzene rings is 3. The Morgan fingerprint density at radius 3 is 2.40 bits per heavy atom. The molecule has 2 amide bonds. The molecule has 0 radical (unpaired) electrons. The molecule has 0 bridgehead atoms. The number of fused-ring (bicyclic) bond motifs is 1. The SMILES string of the molecule is CN1C(=O)C(CC(=O)Nc2ccc(Cl)cc2)N=C(c2ccccc2)c2ccccc21. The Kier molecular flexibility index (Phi) is 5.63. The predicted octanol–water partition coefficient (Wildman–Crippen LogP) is 4.55. The normalized spacial score (nSPS) is 15.8. The zero-order chi connectivity index (χ0) is 21.1. The van der Waals surface area contributed by atoms with Crippen molar-refractivity contribution >= 4 is 40.5 Å². The lowest BCUT2D eigenvalue weighted by Gasteiger charge is -2.20. The Hall–Kier alpha value is -3.44. The van der Waals surface area contributed by atoms with Gasteiger partial charge in [0.25, 0.3) is 5.91 Å². The van der Waals surface area contributed by atoms with E-state index in [0.29, 0.717) is 16.4 Å². The highest BCUT2D eigenvalue weighted by Crippen LogP contribution is 2.28. The van der Waals surface area contributed by atoms with Gasteiger partial charge in [-0.05, 0) is 30.3 Å². The van der Waals surface area contributed by atoms with Crippen LogP contribution in [0.15, 0.2) is 83.9 Å². The molecule has 0 spiro atoms. The van der Waals surface area contributed by atoms with Crippen molar-refractivity contribution in [3.63, 3.8) is 0 Å². The van der Waals surface area contributed by atoms with Crippen LogP contribution >= 0.6 is 11.6 Å². The van der Waals surface area contributed by atoms with Crippen molar-refractivity contribution in [2.75, 3.05) is 17.3 Å². The molecule has 1 heterocycles. The maximum Gasteiger partial charge on any atom is 0.252 e.